The Balaban J connectivity index is 0.000000187. The van der Waals surface area contributed by atoms with E-state index in [9.17, 15) is 0 Å². The number of amidine groups is 1. The highest BCUT2D eigenvalue weighted by Crippen LogP contribution is 2.41. The fraction of sp³-hybridized carbons (Fsp3) is 0.277. The molecule has 0 radical (unpaired) electrons. The van der Waals surface area contributed by atoms with Crippen LogP contribution in [0.25, 0.3) is 67.0 Å². The number of nitrogens with zero attached hydrogens (tertiary/aromatic N) is 14. The van der Waals surface area contributed by atoms with Gasteiger partial charge in [-0.1, -0.05) is 154 Å². The normalized spacial score (nSPS) is 10.6. The Morgan fingerprint density at radius 2 is 0.693 bits per heavy atom. The number of nitriles is 3. The van der Waals surface area contributed by atoms with E-state index in [2.05, 4.69) is 233 Å². The molecule has 0 fully saturated rings. The number of ether oxygens (including phenoxy) is 3. The van der Waals surface area contributed by atoms with E-state index in [1.165, 1.54) is 39.8 Å². The molecule has 0 bridgehead atoms. The van der Waals surface area contributed by atoms with Crippen LogP contribution < -0.4 is 26.2 Å². The third-order valence-corrected chi connectivity index (χ3v) is 23.3. The molecule has 6 aromatic heterocycles. The molecule has 0 amide bonds. The summed E-state index contributed by atoms with van der Waals surface area (Å²) < 4.78 is 47.5. The van der Waals surface area contributed by atoms with Crippen LogP contribution in [0.3, 0.4) is 0 Å². The van der Waals surface area contributed by atoms with Gasteiger partial charge < -0.3 is 72.7 Å². The number of aryl methyl sites for hydroxylation is 15. The lowest BCUT2D eigenvalue weighted by atomic mass is 9.94. The summed E-state index contributed by atoms with van der Waals surface area (Å²) in [7, 11) is 0. The second-order valence-corrected chi connectivity index (χ2v) is 34.5. The zero-order valence-corrected chi connectivity index (χ0v) is 87.0. The number of nitrogens with two attached hydrogens (primary N) is 2. The van der Waals surface area contributed by atoms with Gasteiger partial charge in [-0.25, -0.2) is 0 Å². The van der Waals surface area contributed by atoms with Gasteiger partial charge in [0, 0.05) is 128 Å². The summed E-state index contributed by atoms with van der Waals surface area (Å²) in [5, 5.41) is 63.3. The van der Waals surface area contributed by atoms with Crippen LogP contribution in [-0.4, -0.2) is 98.2 Å². The molecule has 5 N–H and O–H groups in total. The molecule has 6 heterocycles. The number of hydrogen-bond acceptors (Lipinski definition) is 25. The fourth-order valence-corrected chi connectivity index (χ4v) is 15.9. The van der Waals surface area contributed by atoms with E-state index in [0.717, 1.165) is 200 Å². The quantitative estimate of drug-likeness (QED) is 0.00962. The van der Waals surface area contributed by atoms with Crippen molar-refractivity contribution in [2.45, 2.75) is 165 Å². The first kappa shape index (κ1) is 109. The van der Waals surface area contributed by atoms with Crippen molar-refractivity contribution in [1.82, 2.24) is 35.9 Å². The Labute approximate surface area is 838 Å². The molecule has 0 spiro atoms. The predicted octanol–water partition coefficient (Wildman–Crippen LogP) is 28.0. The minimum atomic E-state index is -0.472. The summed E-state index contributed by atoms with van der Waals surface area (Å²) >= 11 is 6.41. The molecule has 0 atom stereocenters. The zero-order chi connectivity index (χ0) is 102. The lowest BCUT2D eigenvalue weighted by Crippen LogP contribution is -2.20. The van der Waals surface area contributed by atoms with Crippen molar-refractivity contribution in [3.63, 3.8) is 0 Å². The number of nitrogen functional groups attached to an aromatic ring is 1. The van der Waals surface area contributed by atoms with Crippen LogP contribution >= 0.6 is 31.9 Å². The standard InChI is InChI=1S/C22H22N4O2.C21H24N4O2.C21H21N3O.C20H18N2O.C12H14N2O.C7H4BrN.C7H16O3.C2H5Br/c1-5-26(19-10-8-17(9-11-19)22-23-13-27-25-22)20-12-18(7-6-14(20)2)21-15(3)24-28-16(21)4;1-5-25(18-10-8-16(9-11-18)21(22)23-26)19-12-17(7-6-13(19)2)20-14(3)24-27-15(20)4;1-5-24(19-10-7-17(13-22)8-11-19)20-12-18(9-6-14(20)2)21-15(3)23-25-16(21)4;1-13-4-9-18(20-14(2)22-23-15(20)3)11-19(13)10-16-5-7-17(12-21)8-6-16;1-7-4-5-10(6-11(7)13)12-8(2)14-15-9(12)3;8-7-3-1-6(5-9)2-4-7;1-4-8-7(9-5-2)10-6-3;1-2-3/h6-13H,5H2,1-4H3;6-12,26H,5H2,1-4H3,(H2,22,23);6-12H,5H2,1-4H3;4-9,11H,10H2,1-3H3;4-6H,13H2,1-3H3;1-4H;7H,4-6H2,1-3H3;2H2,1H3. The molecule has 10 aromatic carbocycles. The van der Waals surface area contributed by atoms with Crippen molar-refractivity contribution in [3.05, 3.63) is 342 Å². The molecule has 0 aliphatic carbocycles. The smallest absolute Gasteiger partial charge is 0.271 e. The molecule has 26 nitrogen and oxygen atoms in total. The summed E-state index contributed by atoms with van der Waals surface area (Å²) in [6, 6.07) is 76.6. The average Bonchev–Trinajstić information content (AvgIpc) is 1.43. The van der Waals surface area contributed by atoms with Crippen LogP contribution in [-0.2, 0) is 20.6 Å². The van der Waals surface area contributed by atoms with Crippen molar-refractivity contribution in [1.29, 1.82) is 15.8 Å². The van der Waals surface area contributed by atoms with E-state index in [1.807, 2.05) is 225 Å². The Morgan fingerprint density at radius 3 is 0.993 bits per heavy atom. The maximum atomic E-state index is 9.00. The van der Waals surface area contributed by atoms with Crippen molar-refractivity contribution < 1.29 is 46.6 Å². The van der Waals surface area contributed by atoms with Crippen molar-refractivity contribution in [2.75, 3.05) is 65.2 Å². The fourth-order valence-electron chi connectivity index (χ4n) is 15.6. The number of alkyl halides is 1. The molecule has 0 saturated heterocycles. The molecule has 28 heteroatoms. The SMILES string of the molecule is CCBr.CCN(c1ccc(-c2ncon2)cc1)c1cc(-c2c(C)noc2C)ccc1C.CCN(c1ccc(/C(N)=N/O)cc1)c1cc(-c2c(C)noc2C)ccc1C.CCN(c1ccc(C#N)cc1)c1cc(-c2c(C)noc2C)ccc1C.CCOC(OCC)OCC.Cc1ccc(-c2c(C)noc2C)cc1Cc1ccc(C#N)cc1.Cc1ccc(-c2c(C)noc2C)cc1N.N#Cc1ccc(Br)cc1. The number of oxime groups is 1. The van der Waals surface area contributed by atoms with Crippen molar-refractivity contribution in [2.24, 2.45) is 10.9 Å². The van der Waals surface area contributed by atoms with E-state index in [4.69, 9.17) is 73.8 Å². The first-order chi connectivity index (χ1) is 67.3. The summed E-state index contributed by atoms with van der Waals surface area (Å²) in [5.41, 5.74) is 46.3. The molecule has 0 saturated carbocycles. The minimum Gasteiger partial charge on any atom is -0.409 e. The Bertz CT molecular complexity index is 6710. The van der Waals surface area contributed by atoms with Gasteiger partial charge >= 0.3 is 0 Å². The molecule has 140 heavy (non-hydrogen) atoms. The van der Waals surface area contributed by atoms with Crippen LogP contribution in [0.5, 0.6) is 0 Å². The molecular weight excluding hydrogens is 1890 g/mol. The number of benzene rings is 10. The molecule has 0 aliphatic heterocycles. The number of halogens is 2. The largest absolute Gasteiger partial charge is 0.409 e. The highest BCUT2D eigenvalue weighted by atomic mass is 79.9. The van der Waals surface area contributed by atoms with Gasteiger partial charge in [0.1, 0.15) is 28.8 Å². The van der Waals surface area contributed by atoms with Crippen LogP contribution in [0.4, 0.5) is 39.8 Å². The second-order valence-electron chi connectivity index (χ2n) is 32.5. The Kier molecular flexibility index (Phi) is 41.8. The van der Waals surface area contributed by atoms with E-state index < -0.39 is 6.48 Å². The van der Waals surface area contributed by atoms with Gasteiger partial charge in [-0.15, -0.1) is 0 Å². The van der Waals surface area contributed by atoms with Gasteiger partial charge in [-0.3, -0.25) is 0 Å². The summed E-state index contributed by atoms with van der Waals surface area (Å²) in [4.78, 5) is 10.9. The molecular formula is C112H124Br2N16O10. The van der Waals surface area contributed by atoms with Gasteiger partial charge in [0.25, 0.3) is 6.48 Å². The lowest BCUT2D eigenvalue weighted by molar-refractivity contribution is -0.282. The van der Waals surface area contributed by atoms with Gasteiger partial charge in [0.15, 0.2) is 5.84 Å². The number of rotatable bonds is 24. The lowest BCUT2D eigenvalue weighted by Gasteiger charge is -2.26. The van der Waals surface area contributed by atoms with E-state index in [1.54, 1.807) is 12.1 Å². The van der Waals surface area contributed by atoms with E-state index in [-0.39, 0.29) is 5.84 Å². The van der Waals surface area contributed by atoms with Crippen LogP contribution in [0.2, 0.25) is 0 Å². The zero-order valence-electron chi connectivity index (χ0n) is 83.8. The van der Waals surface area contributed by atoms with Crippen LogP contribution in [0, 0.1) is 138 Å². The van der Waals surface area contributed by atoms with Crippen molar-refractivity contribution in [3.8, 4) is 85.2 Å². The first-order valence-corrected chi connectivity index (χ1v) is 48.0. The minimum absolute atomic E-state index is 0.0983. The topological polar surface area (TPSA) is 362 Å². The van der Waals surface area contributed by atoms with Gasteiger partial charge in [0.2, 0.25) is 12.2 Å². The highest BCUT2D eigenvalue weighted by Gasteiger charge is 2.23. The number of anilines is 7. The van der Waals surface area contributed by atoms with Gasteiger partial charge in [0.05, 0.1) is 63.4 Å². The summed E-state index contributed by atoms with van der Waals surface area (Å²) in [6.07, 6.45) is 2.18. The third-order valence-electron chi connectivity index (χ3n) is 22.7. The highest BCUT2D eigenvalue weighted by molar-refractivity contribution is 9.10. The average molecular weight is 2010 g/mol. The third kappa shape index (κ3) is 29.1. The van der Waals surface area contributed by atoms with Crippen LogP contribution in [0.15, 0.2) is 255 Å². The Hall–Kier alpha value is -14.8. The molecule has 16 rings (SSSR count). The summed E-state index contributed by atoms with van der Waals surface area (Å²) in [6.45, 7) is 47.9. The predicted molar refractivity (Wildman–Crippen MR) is 564 cm³/mol. The van der Waals surface area contributed by atoms with Gasteiger partial charge in [-0.05, 0) is 352 Å². The second kappa shape index (κ2) is 53.8. The van der Waals surface area contributed by atoms with E-state index in [0.29, 0.717) is 47.9 Å². The van der Waals surface area contributed by atoms with Gasteiger partial charge in [-0.2, -0.15) is 20.8 Å². The molecule has 726 valence electrons. The molecule has 16 aromatic rings. The number of hydrogen-bond donors (Lipinski definition) is 3. The summed E-state index contributed by atoms with van der Waals surface area (Å²) in [5.74, 6) is 4.83. The molecule has 0 unspecified atom stereocenters. The Morgan fingerprint density at radius 1 is 0.393 bits per heavy atom. The maximum absolute atomic E-state index is 9.00. The van der Waals surface area contributed by atoms with Crippen LogP contribution in [0.1, 0.15) is 167 Å². The first-order valence-electron chi connectivity index (χ1n) is 46.1. The monoisotopic (exact) mass is 2010 g/mol. The van der Waals surface area contributed by atoms with Crippen molar-refractivity contribution >= 4 is 77.5 Å². The number of aromatic nitrogens is 7. The molecule has 0 aliphatic rings. The maximum Gasteiger partial charge on any atom is 0.271 e. The van der Waals surface area contributed by atoms with E-state index >= 15 is 0 Å².